The average molecular weight is 408 g/mol. The van der Waals surface area contributed by atoms with Crippen molar-refractivity contribution in [1.82, 2.24) is 9.55 Å². The lowest BCUT2D eigenvalue weighted by Gasteiger charge is -2.27. The Morgan fingerprint density at radius 2 is 1.73 bits per heavy atom. The number of ether oxygens (including phenoxy) is 1. The summed E-state index contributed by atoms with van der Waals surface area (Å²) in [6, 6.07) is 12.3. The number of primary amides is 1. The quantitative estimate of drug-likeness (QED) is 0.716. The summed E-state index contributed by atoms with van der Waals surface area (Å²) >= 11 is 0. The molecular formula is C22H24N4O4. The van der Waals surface area contributed by atoms with Crippen molar-refractivity contribution in [2.45, 2.75) is 33.3 Å². The summed E-state index contributed by atoms with van der Waals surface area (Å²) in [7, 11) is 1.43. The molecule has 0 radical (unpaired) electrons. The van der Waals surface area contributed by atoms with Crippen molar-refractivity contribution >= 4 is 28.7 Å². The molecule has 156 valence electrons. The van der Waals surface area contributed by atoms with Crippen LogP contribution in [0.4, 0.5) is 10.5 Å². The Labute approximate surface area is 173 Å². The van der Waals surface area contributed by atoms with E-state index in [1.165, 1.54) is 11.6 Å². The van der Waals surface area contributed by atoms with Crippen LogP contribution in [0.2, 0.25) is 0 Å². The van der Waals surface area contributed by atoms with Crippen LogP contribution in [0.25, 0.3) is 16.7 Å². The van der Waals surface area contributed by atoms with Gasteiger partial charge < -0.3 is 10.5 Å². The van der Waals surface area contributed by atoms with E-state index in [0.29, 0.717) is 22.4 Å². The molecule has 0 atom stereocenters. The largest absolute Gasteiger partial charge is 0.443 e. The van der Waals surface area contributed by atoms with Crippen LogP contribution in [0.5, 0.6) is 0 Å². The second-order valence-corrected chi connectivity index (χ2v) is 7.93. The maximum Gasteiger partial charge on any atom is 0.414 e. The standard InChI is InChI=1S/C22H24N4O4/c1-13-11-12-15-17(25(5)21(29)30-22(2,3)4)16(18(23)27)20(28)26(19(15)24-13)14-9-7-6-8-10-14/h6-12H,1-5H3,(H2,23,27). The van der Waals surface area contributed by atoms with Crippen molar-refractivity contribution in [2.75, 3.05) is 11.9 Å². The summed E-state index contributed by atoms with van der Waals surface area (Å²) < 4.78 is 6.75. The normalized spacial score (nSPS) is 11.4. The maximum absolute atomic E-state index is 13.4. The second-order valence-electron chi connectivity index (χ2n) is 7.93. The van der Waals surface area contributed by atoms with Gasteiger partial charge in [0, 0.05) is 18.1 Å². The van der Waals surface area contributed by atoms with E-state index in [0.717, 1.165) is 4.90 Å². The van der Waals surface area contributed by atoms with Gasteiger partial charge in [-0.25, -0.2) is 9.78 Å². The van der Waals surface area contributed by atoms with Gasteiger partial charge in [0.1, 0.15) is 16.8 Å². The number of fused-ring (bicyclic) bond motifs is 1. The number of aryl methyl sites for hydroxylation is 1. The van der Waals surface area contributed by atoms with Crippen molar-refractivity contribution < 1.29 is 14.3 Å². The number of carbonyl (C=O) groups is 2. The van der Waals surface area contributed by atoms with E-state index in [-0.39, 0.29) is 11.3 Å². The molecule has 0 unspecified atom stereocenters. The van der Waals surface area contributed by atoms with Gasteiger partial charge in [-0.05, 0) is 52.0 Å². The van der Waals surface area contributed by atoms with Gasteiger partial charge in [-0.1, -0.05) is 18.2 Å². The number of benzene rings is 1. The van der Waals surface area contributed by atoms with Crippen LogP contribution >= 0.6 is 0 Å². The van der Waals surface area contributed by atoms with Crippen molar-refractivity contribution in [1.29, 1.82) is 0 Å². The third-order valence-corrected chi connectivity index (χ3v) is 4.40. The first kappa shape index (κ1) is 21.0. The molecule has 2 amide bonds. The maximum atomic E-state index is 13.4. The highest BCUT2D eigenvalue weighted by Crippen LogP contribution is 2.30. The second kappa shape index (κ2) is 7.62. The molecule has 0 aliphatic rings. The summed E-state index contributed by atoms with van der Waals surface area (Å²) in [6.45, 7) is 6.97. The lowest BCUT2D eigenvalue weighted by Crippen LogP contribution is -2.38. The van der Waals surface area contributed by atoms with E-state index in [9.17, 15) is 14.4 Å². The number of anilines is 1. The molecule has 1 aromatic carbocycles. The lowest BCUT2D eigenvalue weighted by atomic mass is 10.1. The molecule has 2 heterocycles. The van der Waals surface area contributed by atoms with E-state index < -0.39 is 23.2 Å². The Kier molecular flexibility index (Phi) is 5.35. The Bertz CT molecular complexity index is 1190. The van der Waals surface area contributed by atoms with E-state index in [1.807, 2.05) is 6.07 Å². The number of amides is 2. The Balaban J connectivity index is 2.42. The molecule has 0 saturated carbocycles. The molecule has 0 aliphatic carbocycles. The predicted octanol–water partition coefficient (Wildman–Crippen LogP) is 3.16. The number of hydrogen-bond donors (Lipinski definition) is 1. The molecule has 3 aromatic rings. The topological polar surface area (TPSA) is 108 Å². The summed E-state index contributed by atoms with van der Waals surface area (Å²) in [5.41, 5.74) is 5.43. The minimum atomic E-state index is -0.947. The van der Waals surface area contributed by atoms with Crippen LogP contribution in [-0.2, 0) is 4.74 Å². The third-order valence-electron chi connectivity index (χ3n) is 4.40. The molecule has 0 bridgehead atoms. The molecule has 8 nitrogen and oxygen atoms in total. The zero-order chi connectivity index (χ0) is 22.2. The molecule has 0 saturated heterocycles. The van der Waals surface area contributed by atoms with E-state index >= 15 is 0 Å². The Hall–Kier alpha value is -3.68. The Morgan fingerprint density at radius 3 is 2.30 bits per heavy atom. The van der Waals surface area contributed by atoms with E-state index in [4.69, 9.17) is 10.5 Å². The van der Waals surface area contributed by atoms with Crippen LogP contribution in [0.3, 0.4) is 0 Å². The van der Waals surface area contributed by atoms with Gasteiger partial charge in [0.05, 0.1) is 11.4 Å². The van der Waals surface area contributed by atoms with Crippen molar-refractivity contribution in [3.63, 3.8) is 0 Å². The average Bonchev–Trinajstić information content (AvgIpc) is 2.65. The molecule has 2 aromatic heterocycles. The molecule has 2 N–H and O–H groups in total. The summed E-state index contributed by atoms with van der Waals surface area (Å²) in [4.78, 5) is 44.2. The van der Waals surface area contributed by atoms with Gasteiger partial charge in [0.25, 0.3) is 11.5 Å². The van der Waals surface area contributed by atoms with Gasteiger partial charge in [0.2, 0.25) is 0 Å². The smallest absolute Gasteiger partial charge is 0.414 e. The SMILES string of the molecule is Cc1ccc2c(N(C)C(=O)OC(C)(C)C)c(C(N)=O)c(=O)n(-c3ccccc3)c2n1. The number of nitrogens with two attached hydrogens (primary N) is 1. The number of hydrogen-bond acceptors (Lipinski definition) is 5. The van der Waals surface area contributed by atoms with Gasteiger partial charge >= 0.3 is 6.09 Å². The molecule has 0 spiro atoms. The highest BCUT2D eigenvalue weighted by atomic mass is 16.6. The zero-order valence-corrected chi connectivity index (χ0v) is 17.6. The molecular weight excluding hydrogens is 384 g/mol. The number of aromatic nitrogens is 2. The molecule has 3 rings (SSSR count). The van der Waals surface area contributed by atoms with Crippen LogP contribution in [-0.4, -0.2) is 34.2 Å². The number of rotatable bonds is 3. The molecule has 0 fully saturated rings. The summed E-state index contributed by atoms with van der Waals surface area (Å²) in [5, 5.41) is 0.422. The van der Waals surface area contributed by atoms with Crippen molar-refractivity contribution in [3.8, 4) is 5.69 Å². The molecule has 0 aliphatic heterocycles. The van der Waals surface area contributed by atoms with Crippen LogP contribution in [0, 0.1) is 6.92 Å². The third kappa shape index (κ3) is 3.89. The summed E-state index contributed by atoms with van der Waals surface area (Å²) in [5.74, 6) is -0.947. The first-order valence-corrected chi connectivity index (χ1v) is 9.39. The fourth-order valence-electron chi connectivity index (χ4n) is 3.15. The lowest BCUT2D eigenvalue weighted by molar-refractivity contribution is 0.0589. The molecule has 30 heavy (non-hydrogen) atoms. The minimum absolute atomic E-state index is 0.0661. The highest BCUT2D eigenvalue weighted by molar-refractivity contribution is 6.10. The summed E-state index contributed by atoms with van der Waals surface area (Å²) in [6.07, 6.45) is -0.719. The zero-order valence-electron chi connectivity index (χ0n) is 17.6. The van der Waals surface area contributed by atoms with Crippen molar-refractivity contribution in [3.05, 3.63) is 64.1 Å². The fourth-order valence-corrected chi connectivity index (χ4v) is 3.15. The van der Waals surface area contributed by atoms with Crippen LogP contribution in [0.15, 0.2) is 47.3 Å². The minimum Gasteiger partial charge on any atom is -0.443 e. The number of para-hydroxylation sites is 1. The first-order valence-electron chi connectivity index (χ1n) is 9.39. The van der Waals surface area contributed by atoms with Crippen molar-refractivity contribution in [2.24, 2.45) is 5.73 Å². The van der Waals surface area contributed by atoms with Gasteiger partial charge in [-0.15, -0.1) is 0 Å². The number of pyridine rings is 2. The fraction of sp³-hybridized carbons (Fsp3) is 0.273. The first-order chi connectivity index (χ1) is 14.0. The monoisotopic (exact) mass is 408 g/mol. The van der Waals surface area contributed by atoms with Crippen LogP contribution in [0.1, 0.15) is 36.8 Å². The number of carbonyl (C=O) groups excluding carboxylic acids is 2. The predicted molar refractivity (Wildman–Crippen MR) is 115 cm³/mol. The van der Waals surface area contributed by atoms with Gasteiger partial charge in [-0.3, -0.25) is 19.1 Å². The van der Waals surface area contributed by atoms with E-state index in [2.05, 4.69) is 4.98 Å². The van der Waals surface area contributed by atoms with E-state index in [1.54, 1.807) is 64.1 Å². The Morgan fingerprint density at radius 1 is 1.10 bits per heavy atom. The highest BCUT2D eigenvalue weighted by Gasteiger charge is 2.29. The number of nitrogens with zero attached hydrogens (tertiary/aromatic N) is 3. The van der Waals surface area contributed by atoms with Gasteiger partial charge in [-0.2, -0.15) is 0 Å². The van der Waals surface area contributed by atoms with Gasteiger partial charge in [0.15, 0.2) is 0 Å². The van der Waals surface area contributed by atoms with Crippen LogP contribution < -0.4 is 16.2 Å². The molecule has 8 heteroatoms.